The number of nitrogens with zero attached hydrogens (tertiary/aromatic N) is 3. The van der Waals surface area contributed by atoms with Crippen molar-refractivity contribution in [2.75, 3.05) is 10.6 Å². The number of nitrogens with one attached hydrogen (secondary N) is 2. The fourth-order valence-corrected chi connectivity index (χ4v) is 3.94. The molecule has 0 spiro atoms. The number of halogens is 1. The van der Waals surface area contributed by atoms with Crippen molar-refractivity contribution in [3.05, 3.63) is 58.3 Å². The lowest BCUT2D eigenvalue weighted by Gasteiger charge is -2.11. The average Bonchev–Trinajstić information content (AvgIpc) is 3.33. The van der Waals surface area contributed by atoms with E-state index in [0.717, 1.165) is 22.4 Å². The molecule has 0 bridgehead atoms. The van der Waals surface area contributed by atoms with Gasteiger partial charge in [0.2, 0.25) is 0 Å². The molecule has 0 atom stereocenters. The van der Waals surface area contributed by atoms with Crippen LogP contribution in [0.25, 0.3) is 10.9 Å². The molecule has 0 aliphatic carbocycles. The maximum Gasteiger partial charge on any atom is 0.267 e. The first-order valence-electron chi connectivity index (χ1n) is 9.36. The number of benzene rings is 2. The molecule has 0 fully saturated rings. The number of aromatic nitrogens is 3. The summed E-state index contributed by atoms with van der Waals surface area (Å²) in [6, 6.07) is 7.85. The Balaban J connectivity index is 1.58. The molecule has 0 aliphatic heterocycles. The van der Waals surface area contributed by atoms with Gasteiger partial charge in [-0.15, -0.1) is 0 Å². The van der Waals surface area contributed by atoms with E-state index in [1.807, 2.05) is 13.8 Å². The number of fused-ring (bicyclic) bond motifs is 1. The SMILES string of the molecule is CCn1nc(Nc2ncc(C(=O)Nc3c(C)ccc(O)c3C)s2)c2cc(F)ccc21. The predicted molar refractivity (Wildman–Crippen MR) is 116 cm³/mol. The first-order chi connectivity index (χ1) is 14.4. The standard InChI is InChI=1S/C21H20FN5O2S/c1-4-27-15-7-6-13(22)9-14(15)19(26-27)25-21-23-10-17(30-21)20(29)24-18-11(2)5-8-16(28)12(18)3/h5-10,28H,4H2,1-3H3,(H,24,29)(H,23,25,26). The quantitative estimate of drug-likeness (QED) is 0.420. The van der Waals surface area contributed by atoms with E-state index in [9.17, 15) is 14.3 Å². The zero-order chi connectivity index (χ0) is 21.4. The van der Waals surface area contributed by atoms with Gasteiger partial charge in [-0.05, 0) is 50.6 Å². The molecule has 4 aromatic rings. The van der Waals surface area contributed by atoms with Crippen molar-refractivity contribution in [3.63, 3.8) is 0 Å². The number of carbonyl (C=O) groups is 1. The molecule has 0 saturated heterocycles. The van der Waals surface area contributed by atoms with Gasteiger partial charge >= 0.3 is 0 Å². The van der Waals surface area contributed by atoms with E-state index >= 15 is 0 Å². The molecule has 1 amide bonds. The zero-order valence-corrected chi connectivity index (χ0v) is 17.5. The van der Waals surface area contributed by atoms with Gasteiger partial charge in [0.1, 0.15) is 16.4 Å². The lowest BCUT2D eigenvalue weighted by Crippen LogP contribution is -2.12. The Morgan fingerprint density at radius 1 is 1.27 bits per heavy atom. The normalized spacial score (nSPS) is 11.1. The van der Waals surface area contributed by atoms with E-state index in [2.05, 4.69) is 20.7 Å². The summed E-state index contributed by atoms with van der Waals surface area (Å²) in [6.45, 7) is 6.19. The number of carbonyl (C=O) groups excluding carboxylic acids is 1. The fraction of sp³-hybridized carbons (Fsp3) is 0.190. The van der Waals surface area contributed by atoms with E-state index in [0.29, 0.717) is 39.0 Å². The number of phenolic OH excluding ortho intramolecular Hbond substituents is 1. The first-order valence-corrected chi connectivity index (χ1v) is 10.2. The summed E-state index contributed by atoms with van der Waals surface area (Å²) in [4.78, 5) is 17.3. The average molecular weight is 425 g/mol. The van der Waals surface area contributed by atoms with Crippen LogP contribution in [0.2, 0.25) is 0 Å². The van der Waals surface area contributed by atoms with Crippen LogP contribution in [-0.4, -0.2) is 25.8 Å². The number of phenols is 1. The minimum atomic E-state index is -0.350. The highest BCUT2D eigenvalue weighted by Crippen LogP contribution is 2.31. The first kappa shape index (κ1) is 19.8. The minimum absolute atomic E-state index is 0.119. The molecule has 9 heteroatoms. The molecule has 30 heavy (non-hydrogen) atoms. The Morgan fingerprint density at radius 2 is 2.07 bits per heavy atom. The van der Waals surface area contributed by atoms with Crippen LogP contribution in [0.4, 0.5) is 21.0 Å². The summed E-state index contributed by atoms with van der Waals surface area (Å²) < 4.78 is 15.5. The highest BCUT2D eigenvalue weighted by Gasteiger charge is 2.17. The van der Waals surface area contributed by atoms with Gasteiger partial charge in [0.25, 0.3) is 5.91 Å². The third kappa shape index (κ3) is 3.59. The smallest absolute Gasteiger partial charge is 0.267 e. The predicted octanol–water partition coefficient (Wildman–Crippen LogP) is 4.97. The third-order valence-electron chi connectivity index (χ3n) is 4.85. The van der Waals surface area contributed by atoms with Gasteiger partial charge in [0.15, 0.2) is 10.9 Å². The van der Waals surface area contributed by atoms with Crippen LogP contribution in [0, 0.1) is 19.7 Å². The molecular formula is C21H20FN5O2S. The molecule has 2 heterocycles. The molecule has 3 N–H and O–H groups in total. The molecule has 0 saturated carbocycles. The van der Waals surface area contributed by atoms with E-state index in [1.54, 1.807) is 29.8 Å². The lowest BCUT2D eigenvalue weighted by molar-refractivity contribution is 0.103. The molecule has 154 valence electrons. The van der Waals surface area contributed by atoms with Crippen LogP contribution in [0.5, 0.6) is 5.75 Å². The largest absolute Gasteiger partial charge is 0.508 e. The Bertz CT molecular complexity index is 1260. The molecule has 7 nitrogen and oxygen atoms in total. The monoisotopic (exact) mass is 425 g/mol. The van der Waals surface area contributed by atoms with E-state index in [-0.39, 0.29) is 17.5 Å². The summed E-state index contributed by atoms with van der Waals surface area (Å²) in [5.41, 5.74) is 2.83. The molecule has 2 aromatic heterocycles. The Labute approximate surface area is 176 Å². The van der Waals surface area contributed by atoms with Gasteiger partial charge in [0, 0.05) is 17.5 Å². The minimum Gasteiger partial charge on any atom is -0.508 e. The zero-order valence-electron chi connectivity index (χ0n) is 16.7. The molecule has 4 rings (SSSR count). The summed E-state index contributed by atoms with van der Waals surface area (Å²) >= 11 is 1.16. The van der Waals surface area contributed by atoms with Gasteiger partial charge < -0.3 is 15.7 Å². The van der Waals surface area contributed by atoms with Gasteiger partial charge in [-0.2, -0.15) is 5.10 Å². The van der Waals surface area contributed by atoms with Crippen molar-refractivity contribution >= 4 is 44.8 Å². The van der Waals surface area contributed by atoms with Crippen LogP contribution in [-0.2, 0) is 6.54 Å². The maximum atomic E-state index is 13.7. The fourth-order valence-electron chi connectivity index (χ4n) is 3.23. The lowest BCUT2D eigenvalue weighted by atomic mass is 10.1. The second kappa shape index (κ2) is 7.75. The molecule has 0 unspecified atom stereocenters. The van der Waals surface area contributed by atoms with Gasteiger partial charge in [-0.3, -0.25) is 9.48 Å². The van der Waals surface area contributed by atoms with Crippen molar-refractivity contribution in [2.24, 2.45) is 0 Å². The second-order valence-electron chi connectivity index (χ2n) is 6.84. The van der Waals surface area contributed by atoms with E-state index in [1.165, 1.54) is 18.3 Å². The van der Waals surface area contributed by atoms with Crippen LogP contribution in [0.1, 0.15) is 27.7 Å². The number of aryl methyl sites for hydroxylation is 2. The van der Waals surface area contributed by atoms with Crippen LogP contribution in [0.15, 0.2) is 36.5 Å². The highest BCUT2D eigenvalue weighted by molar-refractivity contribution is 7.17. The summed E-state index contributed by atoms with van der Waals surface area (Å²) in [7, 11) is 0. The number of rotatable bonds is 5. The van der Waals surface area contributed by atoms with Gasteiger partial charge in [-0.1, -0.05) is 17.4 Å². The van der Waals surface area contributed by atoms with Crippen LogP contribution >= 0.6 is 11.3 Å². The number of anilines is 3. The topological polar surface area (TPSA) is 92.1 Å². The second-order valence-corrected chi connectivity index (χ2v) is 7.87. The van der Waals surface area contributed by atoms with Crippen molar-refractivity contribution in [1.29, 1.82) is 0 Å². The number of thiazole rings is 1. The third-order valence-corrected chi connectivity index (χ3v) is 5.76. The van der Waals surface area contributed by atoms with E-state index < -0.39 is 0 Å². The molecule has 2 aromatic carbocycles. The number of amides is 1. The number of hydrogen-bond donors (Lipinski definition) is 3. The highest BCUT2D eigenvalue weighted by atomic mass is 32.1. The van der Waals surface area contributed by atoms with Crippen molar-refractivity contribution in [1.82, 2.24) is 14.8 Å². The van der Waals surface area contributed by atoms with E-state index in [4.69, 9.17) is 0 Å². The summed E-state index contributed by atoms with van der Waals surface area (Å²) in [5.74, 6) is -0.0786. The summed E-state index contributed by atoms with van der Waals surface area (Å²) in [6.07, 6.45) is 1.47. The van der Waals surface area contributed by atoms with Crippen LogP contribution < -0.4 is 10.6 Å². The maximum absolute atomic E-state index is 13.7. The number of hydrogen-bond acceptors (Lipinski definition) is 6. The van der Waals surface area contributed by atoms with Crippen molar-refractivity contribution in [3.8, 4) is 5.75 Å². The molecular weight excluding hydrogens is 405 g/mol. The Hall–Kier alpha value is -3.46. The summed E-state index contributed by atoms with van der Waals surface area (Å²) in [5, 5.41) is 21.4. The molecule has 0 radical (unpaired) electrons. The van der Waals surface area contributed by atoms with Gasteiger partial charge in [-0.25, -0.2) is 9.37 Å². The Morgan fingerprint density at radius 3 is 2.83 bits per heavy atom. The van der Waals surface area contributed by atoms with Gasteiger partial charge in [0.05, 0.1) is 17.4 Å². The molecule has 0 aliphatic rings. The van der Waals surface area contributed by atoms with Crippen molar-refractivity contribution in [2.45, 2.75) is 27.3 Å². The van der Waals surface area contributed by atoms with Crippen molar-refractivity contribution < 1.29 is 14.3 Å². The number of aromatic hydroxyl groups is 1. The van der Waals surface area contributed by atoms with Crippen LogP contribution in [0.3, 0.4) is 0 Å². The Kier molecular flexibility index (Phi) is 5.13.